The Bertz CT molecular complexity index is 1200. The number of hydrogen-bond acceptors (Lipinski definition) is 8. The molecule has 4 N–H and O–H groups in total. The van der Waals surface area contributed by atoms with Crippen molar-refractivity contribution in [2.75, 3.05) is 23.3 Å². The van der Waals surface area contributed by atoms with Crippen LogP contribution in [0.4, 0.5) is 21.4 Å². The molecule has 0 saturated carbocycles. The number of nitrogens with two attached hydrogens (primary N) is 1. The van der Waals surface area contributed by atoms with Crippen molar-refractivity contribution in [3.63, 3.8) is 0 Å². The molecule has 34 heavy (non-hydrogen) atoms. The van der Waals surface area contributed by atoms with Crippen LogP contribution in [0, 0.1) is 6.92 Å². The van der Waals surface area contributed by atoms with Gasteiger partial charge in [0.1, 0.15) is 10.8 Å². The van der Waals surface area contributed by atoms with Gasteiger partial charge in [-0.1, -0.05) is 24.3 Å². The van der Waals surface area contributed by atoms with Crippen LogP contribution in [0.15, 0.2) is 36.5 Å². The predicted molar refractivity (Wildman–Crippen MR) is 130 cm³/mol. The molecule has 1 aromatic carbocycles. The van der Waals surface area contributed by atoms with Crippen LogP contribution in [-0.2, 0) is 13.1 Å². The first-order valence-corrected chi connectivity index (χ1v) is 12.0. The first kappa shape index (κ1) is 22.1. The van der Waals surface area contributed by atoms with Crippen LogP contribution in [0.5, 0.6) is 0 Å². The summed E-state index contributed by atoms with van der Waals surface area (Å²) in [7, 11) is 0. The lowest BCUT2D eigenvalue weighted by molar-refractivity contribution is 0.0996. The molecule has 0 spiro atoms. The lowest BCUT2D eigenvalue weighted by atomic mass is 10.1. The molecule has 0 aliphatic carbocycles. The van der Waals surface area contributed by atoms with Gasteiger partial charge in [0.25, 0.3) is 5.91 Å². The number of urea groups is 1. The van der Waals surface area contributed by atoms with E-state index in [0.717, 1.165) is 30.1 Å². The average molecular weight is 479 g/mol. The lowest BCUT2D eigenvalue weighted by Crippen LogP contribution is -2.51. The molecule has 3 amide bonds. The Labute approximate surface area is 201 Å². The number of benzene rings is 1. The number of hydrogen-bond donors (Lipinski definition) is 3. The van der Waals surface area contributed by atoms with Gasteiger partial charge in [-0.2, -0.15) is 4.37 Å². The van der Waals surface area contributed by atoms with E-state index in [0.29, 0.717) is 31.3 Å². The fraction of sp³-hybridized carbons (Fsp3) is 0.348. The van der Waals surface area contributed by atoms with Crippen molar-refractivity contribution in [2.45, 2.75) is 38.9 Å². The van der Waals surface area contributed by atoms with Crippen molar-refractivity contribution < 1.29 is 9.59 Å². The molecule has 1 saturated heterocycles. The van der Waals surface area contributed by atoms with Crippen molar-refractivity contribution in [1.82, 2.24) is 24.6 Å². The summed E-state index contributed by atoms with van der Waals surface area (Å²) >= 11 is 1.27. The number of aryl methyl sites for hydroxylation is 1. The van der Waals surface area contributed by atoms with E-state index >= 15 is 0 Å². The molecular formula is C23H26N8O2S. The summed E-state index contributed by atoms with van der Waals surface area (Å²) in [6.45, 7) is 4.54. The third kappa shape index (κ3) is 4.65. The highest BCUT2D eigenvalue weighted by Crippen LogP contribution is 2.26. The number of aromatic nitrogens is 3. The third-order valence-corrected chi connectivity index (χ3v) is 6.86. The maximum Gasteiger partial charge on any atom is 0.318 e. The molecule has 1 fully saturated rings. The van der Waals surface area contributed by atoms with Crippen molar-refractivity contribution in [1.29, 1.82) is 0 Å². The minimum Gasteiger partial charge on any atom is -0.364 e. The molecule has 5 rings (SSSR count). The smallest absolute Gasteiger partial charge is 0.318 e. The number of fused-ring (bicyclic) bond motifs is 1. The molecule has 0 unspecified atom stereocenters. The minimum atomic E-state index is -0.654. The van der Waals surface area contributed by atoms with E-state index < -0.39 is 5.91 Å². The van der Waals surface area contributed by atoms with Gasteiger partial charge in [-0.05, 0) is 48.5 Å². The Hall–Kier alpha value is -3.73. The van der Waals surface area contributed by atoms with Crippen molar-refractivity contribution >= 4 is 40.1 Å². The normalized spacial score (nSPS) is 17.4. The lowest BCUT2D eigenvalue weighted by Gasteiger charge is -2.34. The number of anilines is 3. The molecule has 11 heteroatoms. The topological polar surface area (TPSA) is 129 Å². The Balaban J connectivity index is 1.27. The van der Waals surface area contributed by atoms with Crippen LogP contribution in [0.1, 0.15) is 40.2 Å². The molecule has 3 aromatic rings. The first-order valence-electron chi connectivity index (χ1n) is 11.2. The zero-order valence-electron chi connectivity index (χ0n) is 18.8. The summed E-state index contributed by atoms with van der Waals surface area (Å²) in [6.07, 6.45) is 3.35. The molecule has 10 nitrogen and oxygen atoms in total. The SMILES string of the molecule is Cc1cc(Nc2nc(N3CCC[C@@H](NC(=O)N4Cc5ccccc5C4)C3)cnc2C(N)=O)sn1. The monoisotopic (exact) mass is 478 g/mol. The van der Waals surface area contributed by atoms with Gasteiger partial charge in [0.05, 0.1) is 11.9 Å². The zero-order chi connectivity index (χ0) is 23.7. The highest BCUT2D eigenvalue weighted by Gasteiger charge is 2.28. The summed E-state index contributed by atoms with van der Waals surface area (Å²) in [4.78, 5) is 37.6. The molecule has 2 aliphatic heterocycles. The Morgan fingerprint density at radius 1 is 1.21 bits per heavy atom. The first-order chi connectivity index (χ1) is 16.5. The molecule has 2 aromatic heterocycles. The van der Waals surface area contributed by atoms with E-state index in [1.165, 1.54) is 22.7 Å². The molecule has 1 atom stereocenters. The molecule has 176 valence electrons. The predicted octanol–water partition coefficient (Wildman–Crippen LogP) is 2.78. The van der Waals surface area contributed by atoms with Crippen LogP contribution in [0.3, 0.4) is 0 Å². The number of nitrogens with zero attached hydrogens (tertiary/aromatic N) is 5. The quantitative estimate of drug-likeness (QED) is 0.514. The number of carbonyl (C=O) groups excluding carboxylic acids is 2. The minimum absolute atomic E-state index is 0.0110. The summed E-state index contributed by atoms with van der Waals surface area (Å²) < 4.78 is 4.24. The molecule has 2 aliphatic rings. The van der Waals surface area contributed by atoms with E-state index in [1.807, 2.05) is 30.0 Å². The van der Waals surface area contributed by atoms with Gasteiger partial charge in [0.2, 0.25) is 0 Å². The zero-order valence-corrected chi connectivity index (χ0v) is 19.6. The fourth-order valence-electron chi connectivity index (χ4n) is 4.38. The van der Waals surface area contributed by atoms with Crippen LogP contribution in [-0.4, -0.2) is 50.3 Å². The number of piperidine rings is 1. The van der Waals surface area contributed by atoms with Gasteiger partial charge < -0.3 is 26.2 Å². The second-order valence-corrected chi connectivity index (χ2v) is 9.41. The highest BCUT2D eigenvalue weighted by molar-refractivity contribution is 7.10. The Morgan fingerprint density at radius 3 is 2.65 bits per heavy atom. The van der Waals surface area contributed by atoms with E-state index in [2.05, 4.69) is 42.0 Å². The van der Waals surface area contributed by atoms with E-state index in [1.54, 1.807) is 6.20 Å². The van der Waals surface area contributed by atoms with Gasteiger partial charge in [-0.3, -0.25) is 4.79 Å². The van der Waals surface area contributed by atoms with Gasteiger partial charge in [-0.15, -0.1) is 0 Å². The van der Waals surface area contributed by atoms with Crippen molar-refractivity contribution in [2.24, 2.45) is 5.73 Å². The second-order valence-electron chi connectivity index (χ2n) is 8.61. The van der Waals surface area contributed by atoms with E-state index in [9.17, 15) is 9.59 Å². The molecular weight excluding hydrogens is 452 g/mol. The maximum absolute atomic E-state index is 12.9. The van der Waals surface area contributed by atoms with Gasteiger partial charge in [0.15, 0.2) is 11.5 Å². The Kier molecular flexibility index (Phi) is 6.01. The van der Waals surface area contributed by atoms with Crippen LogP contribution < -0.4 is 21.3 Å². The summed E-state index contributed by atoms with van der Waals surface area (Å²) in [5.41, 5.74) is 8.85. The van der Waals surface area contributed by atoms with E-state index in [4.69, 9.17) is 5.73 Å². The van der Waals surface area contributed by atoms with Crippen LogP contribution >= 0.6 is 11.5 Å². The number of carbonyl (C=O) groups is 2. The van der Waals surface area contributed by atoms with Crippen molar-refractivity contribution in [3.05, 3.63) is 59.0 Å². The number of amides is 3. The van der Waals surface area contributed by atoms with Gasteiger partial charge in [-0.25, -0.2) is 14.8 Å². The largest absolute Gasteiger partial charge is 0.364 e. The van der Waals surface area contributed by atoms with Gasteiger partial charge >= 0.3 is 6.03 Å². The molecule has 0 radical (unpaired) electrons. The standard InChI is InChI=1S/C23H26N8O2S/c1-14-9-19(34-29-14)28-22-20(21(24)32)25-10-18(27-22)30-8-4-7-17(13-30)26-23(33)31-11-15-5-2-3-6-16(15)12-31/h2-3,5-6,9-10,17H,4,7-8,11-13H2,1H3,(H2,24,32)(H,26,33)(H,27,28)/t17-/m1/s1. The average Bonchev–Trinajstić information content (AvgIpc) is 3.45. The summed E-state index contributed by atoms with van der Waals surface area (Å²) in [5, 5.41) is 7.06. The summed E-state index contributed by atoms with van der Waals surface area (Å²) in [5.74, 6) is 0.272. The second kappa shape index (κ2) is 9.26. The number of primary amides is 1. The summed E-state index contributed by atoms with van der Waals surface area (Å²) in [6, 6.07) is 9.94. The highest BCUT2D eigenvalue weighted by atomic mass is 32.1. The van der Waals surface area contributed by atoms with Crippen molar-refractivity contribution in [3.8, 4) is 0 Å². The van der Waals surface area contributed by atoms with Crippen LogP contribution in [0.25, 0.3) is 0 Å². The molecule has 0 bridgehead atoms. The van der Waals surface area contributed by atoms with Gasteiger partial charge in [0, 0.05) is 32.2 Å². The van der Waals surface area contributed by atoms with E-state index in [-0.39, 0.29) is 17.8 Å². The van der Waals surface area contributed by atoms with Crippen LogP contribution in [0.2, 0.25) is 0 Å². The molecule has 4 heterocycles. The maximum atomic E-state index is 12.9. The third-order valence-electron chi connectivity index (χ3n) is 6.06. The number of rotatable bonds is 5. The number of nitrogens with one attached hydrogen (secondary N) is 2. The Morgan fingerprint density at radius 2 is 1.97 bits per heavy atom. The fourth-order valence-corrected chi connectivity index (χ4v) is 5.05.